The molecule has 11 nitrogen and oxygen atoms in total. The van der Waals surface area contributed by atoms with Crippen LogP contribution in [-0.2, 0) is 4.74 Å². The summed E-state index contributed by atoms with van der Waals surface area (Å²) in [6.45, 7) is 10.3. The predicted octanol–water partition coefficient (Wildman–Crippen LogP) is 3.50. The molecular formula is C32H43N9O2. The van der Waals surface area contributed by atoms with Crippen LogP contribution in [0.4, 0.5) is 23.0 Å². The number of hydrogen-bond acceptors (Lipinski definition) is 10. The monoisotopic (exact) mass is 585 g/mol. The van der Waals surface area contributed by atoms with Gasteiger partial charge in [0, 0.05) is 93.9 Å². The fourth-order valence-electron chi connectivity index (χ4n) is 6.43. The van der Waals surface area contributed by atoms with Gasteiger partial charge in [-0.05, 0) is 75.5 Å². The van der Waals surface area contributed by atoms with Gasteiger partial charge in [-0.25, -0.2) is 9.97 Å². The molecule has 0 unspecified atom stereocenters. The summed E-state index contributed by atoms with van der Waals surface area (Å²) in [7, 11) is 2.21. The highest BCUT2D eigenvalue weighted by atomic mass is 16.5. The predicted molar refractivity (Wildman–Crippen MR) is 170 cm³/mol. The Morgan fingerprint density at radius 3 is 2.33 bits per heavy atom. The van der Waals surface area contributed by atoms with Gasteiger partial charge in [-0.15, -0.1) is 0 Å². The molecule has 3 aromatic rings. The number of benzene rings is 1. The van der Waals surface area contributed by atoms with Crippen LogP contribution in [0.25, 0.3) is 11.3 Å². The maximum Gasteiger partial charge on any atom is 0.271 e. The third-order valence-corrected chi connectivity index (χ3v) is 8.96. The number of carbonyl (C=O) groups excluding carboxylic acids is 1. The zero-order valence-corrected chi connectivity index (χ0v) is 25.3. The number of piperidine rings is 1. The molecule has 0 bridgehead atoms. The summed E-state index contributed by atoms with van der Waals surface area (Å²) in [5.41, 5.74) is 10.6. The van der Waals surface area contributed by atoms with Gasteiger partial charge in [0.1, 0.15) is 5.69 Å². The molecule has 0 saturated carbocycles. The molecule has 1 amide bonds. The van der Waals surface area contributed by atoms with E-state index >= 15 is 0 Å². The van der Waals surface area contributed by atoms with Crippen molar-refractivity contribution in [1.29, 1.82) is 0 Å². The van der Waals surface area contributed by atoms with Crippen molar-refractivity contribution in [2.24, 2.45) is 5.73 Å². The number of ether oxygens (including phenoxy) is 1. The average Bonchev–Trinajstić information content (AvgIpc) is 3.03. The molecule has 4 N–H and O–H groups in total. The van der Waals surface area contributed by atoms with Crippen LogP contribution in [-0.4, -0.2) is 102 Å². The summed E-state index contributed by atoms with van der Waals surface area (Å²) < 4.78 is 5.54. The summed E-state index contributed by atoms with van der Waals surface area (Å²) >= 11 is 0. The largest absolute Gasteiger partial charge is 0.381 e. The SMILES string of the molecule is Cc1cc(Nc2nc(NC3CCOCC3)c(-c3ccncc3)nc2C(N)=O)ccc1N1CCC(N2CCN(C)CC2)CC1. The summed E-state index contributed by atoms with van der Waals surface area (Å²) in [5, 5.41) is 6.91. The van der Waals surface area contributed by atoms with E-state index in [0.29, 0.717) is 36.6 Å². The van der Waals surface area contributed by atoms with Crippen molar-refractivity contribution in [3.05, 3.63) is 54.0 Å². The molecule has 1 aromatic carbocycles. The van der Waals surface area contributed by atoms with Gasteiger partial charge < -0.3 is 30.9 Å². The van der Waals surface area contributed by atoms with Crippen molar-refractivity contribution in [2.45, 2.75) is 44.7 Å². The number of pyridine rings is 1. The lowest BCUT2D eigenvalue weighted by atomic mass is 10.0. The Balaban J connectivity index is 1.21. The molecule has 3 aliphatic rings. The number of amides is 1. The maximum atomic E-state index is 12.6. The van der Waals surface area contributed by atoms with Crippen molar-refractivity contribution in [2.75, 3.05) is 75.1 Å². The van der Waals surface area contributed by atoms with Crippen LogP contribution in [0.3, 0.4) is 0 Å². The van der Waals surface area contributed by atoms with E-state index in [0.717, 1.165) is 50.3 Å². The van der Waals surface area contributed by atoms with E-state index in [4.69, 9.17) is 20.4 Å². The normalized spacial score (nSPS) is 19.3. The molecule has 3 fully saturated rings. The van der Waals surface area contributed by atoms with Crippen molar-refractivity contribution in [1.82, 2.24) is 24.8 Å². The Bertz CT molecular complexity index is 1400. The molecular weight excluding hydrogens is 542 g/mol. The first-order valence-corrected chi connectivity index (χ1v) is 15.5. The highest BCUT2D eigenvalue weighted by Gasteiger charge is 2.27. The third kappa shape index (κ3) is 6.90. The van der Waals surface area contributed by atoms with Crippen LogP contribution >= 0.6 is 0 Å². The molecule has 0 radical (unpaired) electrons. The molecule has 2 aromatic heterocycles. The Morgan fingerprint density at radius 1 is 0.930 bits per heavy atom. The van der Waals surface area contributed by atoms with Crippen LogP contribution in [0.1, 0.15) is 41.7 Å². The number of carbonyl (C=O) groups is 1. The molecule has 228 valence electrons. The molecule has 3 aliphatic heterocycles. The fourth-order valence-corrected chi connectivity index (χ4v) is 6.43. The van der Waals surface area contributed by atoms with Crippen molar-refractivity contribution in [3.63, 3.8) is 0 Å². The third-order valence-electron chi connectivity index (χ3n) is 8.96. The second-order valence-electron chi connectivity index (χ2n) is 11.9. The molecule has 11 heteroatoms. The summed E-state index contributed by atoms with van der Waals surface area (Å²) in [6, 6.07) is 10.9. The Hall–Kier alpha value is -3.80. The molecule has 0 aliphatic carbocycles. The van der Waals surface area contributed by atoms with E-state index in [9.17, 15) is 4.79 Å². The minimum atomic E-state index is -0.639. The van der Waals surface area contributed by atoms with Crippen LogP contribution < -0.4 is 21.3 Å². The zero-order valence-electron chi connectivity index (χ0n) is 25.3. The lowest BCUT2D eigenvalue weighted by molar-refractivity contribution is 0.0904. The minimum Gasteiger partial charge on any atom is -0.381 e. The van der Waals surface area contributed by atoms with Gasteiger partial charge in [0.2, 0.25) is 0 Å². The number of nitrogens with zero attached hydrogens (tertiary/aromatic N) is 6. The standard InChI is InChI=1S/C32H43N9O2/c1-22-21-25(3-4-27(22)41-13-7-26(8-14-41)40-17-15-39(2)16-18-40)36-32-29(30(33)42)37-28(23-5-11-34-12-6-23)31(38-32)35-24-9-19-43-20-10-24/h3-6,11-12,21,24,26H,7-10,13-20H2,1-2H3,(H2,33,42)(H2,35,36,38). The molecule has 5 heterocycles. The maximum absolute atomic E-state index is 12.6. The fraction of sp³-hybridized carbons (Fsp3) is 0.500. The number of aryl methyl sites for hydroxylation is 1. The number of aromatic nitrogens is 3. The van der Waals surface area contributed by atoms with Gasteiger partial charge in [0.05, 0.1) is 0 Å². The van der Waals surface area contributed by atoms with Gasteiger partial charge in [0.15, 0.2) is 17.3 Å². The van der Waals surface area contributed by atoms with Crippen molar-refractivity contribution in [3.8, 4) is 11.3 Å². The van der Waals surface area contributed by atoms with Crippen LogP contribution in [0.5, 0.6) is 0 Å². The lowest BCUT2D eigenvalue weighted by Gasteiger charge is -2.43. The Labute approximate surface area is 253 Å². The van der Waals surface area contributed by atoms with E-state index < -0.39 is 5.91 Å². The van der Waals surface area contributed by atoms with E-state index in [1.807, 2.05) is 18.2 Å². The highest BCUT2D eigenvalue weighted by Crippen LogP contribution is 2.32. The summed E-state index contributed by atoms with van der Waals surface area (Å²) in [6.07, 6.45) is 7.51. The minimum absolute atomic E-state index is 0.0945. The first-order valence-electron chi connectivity index (χ1n) is 15.5. The quantitative estimate of drug-likeness (QED) is 0.362. The molecule has 3 saturated heterocycles. The van der Waals surface area contributed by atoms with Gasteiger partial charge >= 0.3 is 0 Å². The van der Waals surface area contributed by atoms with Crippen LogP contribution in [0.2, 0.25) is 0 Å². The Kier molecular flexibility index (Phi) is 9.01. The number of piperazine rings is 1. The highest BCUT2D eigenvalue weighted by molar-refractivity contribution is 5.97. The van der Waals surface area contributed by atoms with Gasteiger partial charge in [0.25, 0.3) is 5.91 Å². The number of rotatable bonds is 8. The van der Waals surface area contributed by atoms with E-state index in [2.05, 4.69) is 56.4 Å². The summed E-state index contributed by atoms with van der Waals surface area (Å²) in [4.78, 5) is 34.0. The topological polar surface area (TPSA) is 125 Å². The lowest BCUT2D eigenvalue weighted by Crippen LogP contribution is -2.52. The number of nitrogens with one attached hydrogen (secondary N) is 2. The number of anilines is 4. The zero-order chi connectivity index (χ0) is 29.8. The van der Waals surface area contributed by atoms with E-state index in [1.54, 1.807) is 12.4 Å². The first kappa shape index (κ1) is 29.3. The smallest absolute Gasteiger partial charge is 0.271 e. The van der Waals surface area contributed by atoms with Crippen molar-refractivity contribution < 1.29 is 9.53 Å². The molecule has 43 heavy (non-hydrogen) atoms. The number of nitrogens with two attached hydrogens (primary N) is 1. The van der Waals surface area contributed by atoms with Gasteiger partial charge in [-0.1, -0.05) is 0 Å². The van der Waals surface area contributed by atoms with Crippen LogP contribution in [0, 0.1) is 6.92 Å². The number of likely N-dealkylation sites (N-methyl/N-ethyl adjacent to an activating group) is 1. The van der Waals surface area contributed by atoms with Gasteiger partial charge in [-0.3, -0.25) is 14.7 Å². The first-order chi connectivity index (χ1) is 20.9. The second kappa shape index (κ2) is 13.2. The van der Waals surface area contributed by atoms with Crippen molar-refractivity contribution >= 4 is 28.9 Å². The summed E-state index contributed by atoms with van der Waals surface area (Å²) in [5.74, 6) is 0.293. The Morgan fingerprint density at radius 2 is 1.65 bits per heavy atom. The average molecular weight is 586 g/mol. The molecule has 6 rings (SSSR count). The molecule has 0 atom stereocenters. The van der Waals surface area contributed by atoms with Gasteiger partial charge in [-0.2, -0.15) is 0 Å². The second-order valence-corrected chi connectivity index (χ2v) is 11.9. The van der Waals surface area contributed by atoms with E-state index in [-0.39, 0.29) is 11.7 Å². The number of hydrogen-bond donors (Lipinski definition) is 3. The molecule has 0 spiro atoms. The number of primary amides is 1. The van der Waals surface area contributed by atoms with Crippen LogP contribution in [0.15, 0.2) is 42.7 Å². The van der Waals surface area contributed by atoms with E-state index in [1.165, 1.54) is 37.2 Å².